The normalized spacial score (nSPS) is 23.9. The molecule has 51 heavy (non-hydrogen) atoms. The van der Waals surface area contributed by atoms with Crippen LogP contribution in [0, 0.1) is 23.7 Å². The highest BCUT2D eigenvalue weighted by molar-refractivity contribution is 7.87. The number of aromatic nitrogens is 1. The Kier molecular flexibility index (Phi) is 12.0. The maximum atomic E-state index is 14.2. The van der Waals surface area contributed by atoms with Crippen LogP contribution in [0.2, 0.25) is 0 Å². The number of nitrogens with one attached hydrogen (secondary N) is 4. The van der Waals surface area contributed by atoms with Gasteiger partial charge >= 0.3 is 16.3 Å². The number of fused-ring (bicyclic) bond motifs is 1. The van der Waals surface area contributed by atoms with Crippen LogP contribution < -0.4 is 15.4 Å². The second-order valence-electron chi connectivity index (χ2n) is 15.5. The molecule has 1 aliphatic heterocycles. The Bertz CT molecular complexity index is 1690. The third-order valence-corrected chi connectivity index (χ3v) is 12.1. The minimum Gasteiger partial charge on any atom is -0.444 e. The van der Waals surface area contributed by atoms with Gasteiger partial charge in [0.2, 0.25) is 11.8 Å². The molecule has 0 unspecified atom stereocenters. The van der Waals surface area contributed by atoms with E-state index in [1.165, 1.54) is 26.6 Å². The second-order valence-corrected chi connectivity index (χ2v) is 17.4. The molecule has 1 saturated heterocycles. The molecular weight excluding hydrogens is 679 g/mol. The quantitative estimate of drug-likeness (QED) is 0.263. The number of alkyl halides is 1. The molecule has 1 aromatic carbocycles. The summed E-state index contributed by atoms with van der Waals surface area (Å²) in [5.41, 5.74) is 0.441. The Morgan fingerprint density at radius 3 is 2.31 bits per heavy atom. The molecule has 0 bridgehead atoms. The Morgan fingerprint density at radius 2 is 1.69 bits per heavy atom. The van der Waals surface area contributed by atoms with Gasteiger partial charge in [-0.05, 0) is 94.9 Å². The minimum atomic E-state index is -3.98. The fraction of sp³-hybridized carbons (Fsp3) is 0.667. The number of likely N-dealkylation sites (tertiary alicyclic amines) is 1. The van der Waals surface area contributed by atoms with E-state index in [1.54, 1.807) is 43.9 Å². The summed E-state index contributed by atoms with van der Waals surface area (Å²) in [6.07, 6.45) is 7.79. The minimum absolute atomic E-state index is 0.0319. The highest BCUT2D eigenvalue weighted by atomic mass is 32.2. The van der Waals surface area contributed by atoms with Crippen molar-refractivity contribution < 1.29 is 36.7 Å². The maximum Gasteiger partial charge on any atom is 0.407 e. The zero-order chi connectivity index (χ0) is 37.1. The van der Waals surface area contributed by atoms with Gasteiger partial charge in [-0.1, -0.05) is 32.1 Å². The Labute approximate surface area is 300 Å². The van der Waals surface area contributed by atoms with Crippen LogP contribution in [-0.2, 0) is 24.5 Å². The van der Waals surface area contributed by atoms with Gasteiger partial charge in [-0.25, -0.2) is 13.9 Å². The van der Waals surface area contributed by atoms with E-state index in [-0.39, 0.29) is 35.3 Å². The Morgan fingerprint density at radius 1 is 1.00 bits per heavy atom. The van der Waals surface area contributed by atoms with Gasteiger partial charge in [-0.15, -0.1) is 0 Å². The molecular formula is C36H53FN6O7S. The van der Waals surface area contributed by atoms with Gasteiger partial charge in [0, 0.05) is 43.1 Å². The first-order valence-electron chi connectivity index (χ1n) is 18.1. The monoisotopic (exact) mass is 732 g/mol. The van der Waals surface area contributed by atoms with E-state index >= 15 is 0 Å². The molecule has 3 aliphatic rings. The van der Waals surface area contributed by atoms with Crippen LogP contribution in [0.1, 0.15) is 95.5 Å². The van der Waals surface area contributed by atoms with Crippen molar-refractivity contribution in [1.29, 1.82) is 0 Å². The van der Waals surface area contributed by atoms with Gasteiger partial charge in [0.05, 0.1) is 6.04 Å². The maximum absolute atomic E-state index is 14.2. The largest absolute Gasteiger partial charge is 0.444 e. The topological polar surface area (TPSA) is 170 Å². The summed E-state index contributed by atoms with van der Waals surface area (Å²) in [7, 11) is -1.35. The zero-order valence-electron chi connectivity index (χ0n) is 30.3. The van der Waals surface area contributed by atoms with Crippen molar-refractivity contribution in [3.05, 3.63) is 30.0 Å². The van der Waals surface area contributed by atoms with Crippen LogP contribution in [-0.4, -0.2) is 91.4 Å². The second kappa shape index (κ2) is 15.9. The predicted octanol–water partition coefficient (Wildman–Crippen LogP) is 5.11. The van der Waals surface area contributed by atoms with Crippen LogP contribution in [0.5, 0.6) is 0 Å². The summed E-state index contributed by atoms with van der Waals surface area (Å²) >= 11 is 0. The first-order chi connectivity index (χ1) is 24.1. The molecule has 5 rings (SSSR count). The van der Waals surface area contributed by atoms with Gasteiger partial charge in [0.15, 0.2) is 0 Å². The predicted molar refractivity (Wildman–Crippen MR) is 192 cm³/mol. The van der Waals surface area contributed by atoms with Crippen LogP contribution in [0.4, 0.5) is 14.9 Å². The van der Waals surface area contributed by atoms with E-state index in [1.807, 2.05) is 4.72 Å². The molecule has 4 amide bonds. The number of aromatic amines is 1. The lowest BCUT2D eigenvalue weighted by atomic mass is 9.76. The van der Waals surface area contributed by atoms with E-state index in [0.29, 0.717) is 54.7 Å². The smallest absolute Gasteiger partial charge is 0.407 e. The summed E-state index contributed by atoms with van der Waals surface area (Å²) in [6.45, 7) is 5.03. The molecule has 3 fully saturated rings. The van der Waals surface area contributed by atoms with Crippen molar-refractivity contribution in [1.82, 2.24) is 24.2 Å². The van der Waals surface area contributed by atoms with Gasteiger partial charge in [-0.2, -0.15) is 12.7 Å². The Hall–Kier alpha value is -3.72. The number of carbonyl (C=O) groups is 4. The summed E-state index contributed by atoms with van der Waals surface area (Å²) in [5, 5.41) is 6.33. The molecule has 2 aromatic rings. The zero-order valence-corrected chi connectivity index (χ0v) is 31.1. The number of halogens is 1. The number of carbonyl (C=O) groups excluding carboxylic acids is 4. The lowest BCUT2D eigenvalue weighted by Crippen LogP contribution is -2.50. The van der Waals surface area contributed by atoms with Gasteiger partial charge in [0.1, 0.15) is 24.0 Å². The number of rotatable bonds is 10. The number of hydrogen-bond donors (Lipinski definition) is 4. The number of nitrogens with zero attached hydrogens (tertiary/aromatic N) is 2. The molecule has 2 heterocycles. The van der Waals surface area contributed by atoms with Gasteiger partial charge in [0.25, 0.3) is 5.91 Å². The van der Waals surface area contributed by atoms with E-state index < -0.39 is 46.6 Å². The molecule has 15 heteroatoms. The molecule has 3 atom stereocenters. The number of H-pyrrole nitrogens is 1. The molecule has 13 nitrogen and oxygen atoms in total. The summed E-state index contributed by atoms with van der Waals surface area (Å²) in [6, 6.07) is 5.33. The van der Waals surface area contributed by atoms with Crippen molar-refractivity contribution in [2.75, 3.05) is 32.6 Å². The molecule has 4 N–H and O–H groups in total. The SMILES string of the molecule is CN(C)S(=O)(=O)NC(=O)c1cc2cc(NC(=O)[C@@H]3[C@H](C4CCCCC4)CCN3C(=O)[C@H]3CC[C@H]([C@@H](CF)NC(=O)OC(C)(C)C)CC3)ccc2[nH]1. The molecule has 2 aliphatic carbocycles. The highest BCUT2D eigenvalue weighted by Crippen LogP contribution is 2.41. The van der Waals surface area contributed by atoms with Crippen LogP contribution >= 0.6 is 0 Å². The standard InChI is InChI=1S/C36H53FN6O7S/c1-36(2,3)50-35(47)40-30(21-37)23-11-13-24(14-12-23)34(46)43-18-17-27(22-9-7-6-8-10-22)31(43)33(45)38-26-15-16-28-25(19-26)20-29(39-28)32(44)41-51(48,49)42(4)5/h15-16,19-20,22-24,27,30-31,39H,6-14,17-18,21H2,1-5H3,(H,38,45)(H,40,47)(H,41,44)/t23-,24-,27-,30+,31-/m0/s1. The number of hydrogen-bond acceptors (Lipinski definition) is 7. The van der Waals surface area contributed by atoms with Crippen molar-refractivity contribution in [2.24, 2.45) is 23.7 Å². The Balaban J connectivity index is 1.28. The summed E-state index contributed by atoms with van der Waals surface area (Å²) in [5.74, 6) is -1.15. The van der Waals surface area contributed by atoms with Crippen LogP contribution in [0.25, 0.3) is 10.9 Å². The first-order valence-corrected chi connectivity index (χ1v) is 19.5. The fourth-order valence-corrected chi connectivity index (χ4v) is 8.54. The number of anilines is 1. The number of ether oxygens (including phenoxy) is 1. The third-order valence-electron chi connectivity index (χ3n) is 10.6. The average Bonchev–Trinajstić information content (AvgIpc) is 3.71. The van der Waals surface area contributed by atoms with Crippen molar-refractivity contribution >= 4 is 50.6 Å². The average molecular weight is 733 g/mol. The van der Waals surface area contributed by atoms with E-state index in [2.05, 4.69) is 15.6 Å². The van der Waals surface area contributed by atoms with Crippen LogP contribution in [0.3, 0.4) is 0 Å². The summed E-state index contributed by atoms with van der Waals surface area (Å²) < 4.78 is 46.6. The van der Waals surface area contributed by atoms with E-state index in [4.69, 9.17) is 4.74 Å². The van der Waals surface area contributed by atoms with Crippen molar-refractivity contribution in [3.63, 3.8) is 0 Å². The van der Waals surface area contributed by atoms with Crippen molar-refractivity contribution in [3.8, 4) is 0 Å². The molecule has 1 aromatic heterocycles. The molecule has 282 valence electrons. The summed E-state index contributed by atoms with van der Waals surface area (Å²) in [4.78, 5) is 58.0. The van der Waals surface area contributed by atoms with E-state index in [0.717, 1.165) is 36.4 Å². The number of alkyl carbamates (subject to hydrolysis) is 1. The molecule has 0 radical (unpaired) electrons. The lowest BCUT2D eigenvalue weighted by Gasteiger charge is -2.37. The fourth-order valence-electron chi connectivity index (χ4n) is 8.01. The third kappa shape index (κ3) is 9.39. The van der Waals surface area contributed by atoms with Crippen LogP contribution in [0.15, 0.2) is 24.3 Å². The molecule has 2 saturated carbocycles. The van der Waals surface area contributed by atoms with Gasteiger partial charge in [-0.3, -0.25) is 14.4 Å². The van der Waals surface area contributed by atoms with E-state index in [9.17, 15) is 32.0 Å². The van der Waals surface area contributed by atoms with Gasteiger partial charge < -0.3 is 25.3 Å². The highest BCUT2D eigenvalue weighted by Gasteiger charge is 2.47. The first kappa shape index (κ1) is 38.5. The number of benzene rings is 1. The lowest BCUT2D eigenvalue weighted by molar-refractivity contribution is -0.142. The van der Waals surface area contributed by atoms with Crippen molar-refractivity contribution in [2.45, 2.75) is 103 Å². The number of amides is 4. The molecule has 0 spiro atoms.